The minimum absolute atomic E-state index is 0.321. The minimum atomic E-state index is -0.381. The van der Waals surface area contributed by atoms with E-state index in [4.69, 9.17) is 18.9 Å². The van der Waals surface area contributed by atoms with E-state index in [1.165, 1.54) is 7.11 Å². The monoisotopic (exact) mass is 384 g/mol. The van der Waals surface area contributed by atoms with Crippen molar-refractivity contribution in [3.8, 4) is 17.1 Å². The van der Waals surface area contributed by atoms with Gasteiger partial charge in [-0.2, -0.15) is 0 Å². The molecule has 7 nitrogen and oxygen atoms in total. The molecule has 28 heavy (non-hydrogen) atoms. The summed E-state index contributed by atoms with van der Waals surface area (Å²) < 4.78 is 21.4. The van der Waals surface area contributed by atoms with Gasteiger partial charge in [-0.1, -0.05) is 0 Å². The van der Waals surface area contributed by atoms with Crippen LogP contribution in [0.25, 0.3) is 22.4 Å². The molecule has 7 heteroatoms. The van der Waals surface area contributed by atoms with E-state index in [9.17, 15) is 4.79 Å². The van der Waals surface area contributed by atoms with Crippen molar-refractivity contribution in [2.45, 2.75) is 20.1 Å². The van der Waals surface area contributed by atoms with Crippen LogP contribution in [0, 0.1) is 0 Å². The van der Waals surface area contributed by atoms with Gasteiger partial charge in [0, 0.05) is 18.8 Å². The van der Waals surface area contributed by atoms with Gasteiger partial charge in [0.1, 0.15) is 18.2 Å². The first-order valence-electron chi connectivity index (χ1n) is 9.19. The molecule has 0 atom stereocenters. The summed E-state index contributed by atoms with van der Waals surface area (Å²) in [5.74, 6) is 1.05. The van der Waals surface area contributed by atoms with Gasteiger partial charge in [0.15, 0.2) is 6.29 Å². The van der Waals surface area contributed by atoms with Crippen LogP contribution >= 0.6 is 0 Å². The molecule has 0 aliphatic heterocycles. The molecule has 1 heterocycles. The van der Waals surface area contributed by atoms with Crippen molar-refractivity contribution in [3.05, 3.63) is 48.0 Å². The van der Waals surface area contributed by atoms with Crippen molar-refractivity contribution < 1.29 is 23.7 Å². The van der Waals surface area contributed by atoms with Crippen molar-refractivity contribution in [2.75, 3.05) is 26.9 Å². The molecule has 0 unspecified atom stereocenters. The number of ether oxygens (including phenoxy) is 4. The molecule has 1 aromatic heterocycles. The number of nitrogens with zero attached hydrogens (tertiary/aromatic N) is 1. The van der Waals surface area contributed by atoms with E-state index < -0.39 is 0 Å². The Kier molecular flexibility index (Phi) is 6.62. The molecule has 2 aromatic carbocycles. The number of hydrogen-bond acceptors (Lipinski definition) is 6. The zero-order chi connectivity index (χ0) is 19.9. The molecule has 0 saturated carbocycles. The number of rotatable bonds is 9. The summed E-state index contributed by atoms with van der Waals surface area (Å²) >= 11 is 0. The zero-order valence-electron chi connectivity index (χ0n) is 16.2. The SMILES string of the molecule is CCOC(COc1ccc(-c2nc3ccc(C(=O)OC)cc3[nH]2)cc1)OCC. The number of aromatic amines is 1. The van der Waals surface area contributed by atoms with Gasteiger partial charge in [0.2, 0.25) is 0 Å². The second-order valence-corrected chi connectivity index (χ2v) is 5.98. The molecule has 148 valence electrons. The molecule has 0 aliphatic carbocycles. The topological polar surface area (TPSA) is 82.7 Å². The molecular weight excluding hydrogens is 360 g/mol. The summed E-state index contributed by atoms with van der Waals surface area (Å²) in [4.78, 5) is 19.5. The number of imidazole rings is 1. The van der Waals surface area contributed by atoms with Crippen molar-refractivity contribution in [1.29, 1.82) is 0 Å². The highest BCUT2D eigenvalue weighted by Gasteiger charge is 2.11. The van der Waals surface area contributed by atoms with E-state index >= 15 is 0 Å². The third kappa shape index (κ3) is 4.68. The van der Waals surface area contributed by atoms with Crippen LogP contribution in [-0.4, -0.2) is 49.2 Å². The first-order chi connectivity index (χ1) is 13.6. The standard InChI is InChI=1S/C21H24N2O5/c1-4-26-19(27-5-2)13-28-16-9-6-14(7-10-16)20-22-17-11-8-15(21(24)25-3)12-18(17)23-20/h6-12,19H,4-5,13H2,1-3H3,(H,22,23). The lowest BCUT2D eigenvalue weighted by Gasteiger charge is -2.17. The first kappa shape index (κ1) is 19.9. The zero-order valence-corrected chi connectivity index (χ0v) is 16.2. The van der Waals surface area contributed by atoms with Gasteiger partial charge in [0.05, 0.1) is 23.7 Å². The van der Waals surface area contributed by atoms with Crippen LogP contribution in [0.1, 0.15) is 24.2 Å². The van der Waals surface area contributed by atoms with Crippen LogP contribution in [-0.2, 0) is 14.2 Å². The largest absolute Gasteiger partial charge is 0.488 e. The van der Waals surface area contributed by atoms with Gasteiger partial charge in [-0.15, -0.1) is 0 Å². The van der Waals surface area contributed by atoms with Crippen molar-refractivity contribution in [2.24, 2.45) is 0 Å². The summed E-state index contributed by atoms with van der Waals surface area (Å²) in [6.07, 6.45) is -0.381. The third-order valence-electron chi connectivity index (χ3n) is 4.12. The second-order valence-electron chi connectivity index (χ2n) is 5.98. The van der Waals surface area contributed by atoms with Crippen molar-refractivity contribution in [3.63, 3.8) is 0 Å². The molecule has 1 N–H and O–H groups in total. The highest BCUT2D eigenvalue weighted by Crippen LogP contribution is 2.24. The van der Waals surface area contributed by atoms with Gasteiger partial charge in [-0.25, -0.2) is 9.78 Å². The smallest absolute Gasteiger partial charge is 0.337 e. The van der Waals surface area contributed by atoms with Crippen molar-refractivity contribution in [1.82, 2.24) is 9.97 Å². The number of benzene rings is 2. The first-order valence-corrected chi connectivity index (χ1v) is 9.19. The molecule has 0 radical (unpaired) electrons. The van der Waals surface area contributed by atoms with E-state index in [0.717, 1.165) is 22.3 Å². The molecule has 0 amide bonds. The van der Waals surface area contributed by atoms with E-state index in [1.54, 1.807) is 18.2 Å². The normalized spacial score (nSPS) is 11.1. The number of carbonyl (C=O) groups excluding carboxylic acids is 1. The number of H-pyrrole nitrogens is 1. The molecule has 0 aliphatic rings. The summed E-state index contributed by atoms with van der Waals surface area (Å²) in [6, 6.07) is 12.8. The molecular formula is C21H24N2O5. The summed E-state index contributed by atoms with van der Waals surface area (Å²) in [5, 5.41) is 0. The summed E-state index contributed by atoms with van der Waals surface area (Å²) in [7, 11) is 1.36. The van der Waals surface area contributed by atoms with Gasteiger partial charge in [-0.05, 0) is 56.3 Å². The number of nitrogens with one attached hydrogen (secondary N) is 1. The average Bonchev–Trinajstić information content (AvgIpc) is 3.15. The van der Waals surface area contributed by atoms with Crippen LogP contribution in [0.2, 0.25) is 0 Å². The Hall–Kier alpha value is -2.90. The van der Waals surface area contributed by atoms with E-state index in [1.807, 2.05) is 38.1 Å². The van der Waals surface area contributed by atoms with Crippen LogP contribution < -0.4 is 4.74 Å². The highest BCUT2D eigenvalue weighted by atomic mass is 16.7. The second kappa shape index (κ2) is 9.34. The van der Waals surface area contributed by atoms with Crippen LogP contribution in [0.3, 0.4) is 0 Å². The minimum Gasteiger partial charge on any atom is -0.488 e. The maximum Gasteiger partial charge on any atom is 0.337 e. The fourth-order valence-corrected chi connectivity index (χ4v) is 2.78. The Labute approximate surface area is 163 Å². The Morgan fingerprint density at radius 2 is 1.79 bits per heavy atom. The van der Waals surface area contributed by atoms with Gasteiger partial charge in [0.25, 0.3) is 0 Å². The van der Waals surface area contributed by atoms with Gasteiger partial charge >= 0.3 is 5.97 Å². The number of methoxy groups -OCH3 is 1. The van der Waals surface area contributed by atoms with Gasteiger partial charge < -0.3 is 23.9 Å². The van der Waals surface area contributed by atoms with E-state index in [-0.39, 0.29) is 12.3 Å². The third-order valence-corrected chi connectivity index (χ3v) is 4.12. The van der Waals surface area contributed by atoms with Crippen LogP contribution in [0.5, 0.6) is 5.75 Å². The predicted molar refractivity (Wildman–Crippen MR) is 105 cm³/mol. The van der Waals surface area contributed by atoms with Gasteiger partial charge in [-0.3, -0.25) is 0 Å². The summed E-state index contributed by atoms with van der Waals surface area (Å²) in [5.41, 5.74) is 2.94. The highest BCUT2D eigenvalue weighted by molar-refractivity contribution is 5.94. The maximum atomic E-state index is 11.7. The predicted octanol–water partition coefficient (Wildman–Crippen LogP) is 3.79. The Balaban J connectivity index is 1.71. The Morgan fingerprint density at radius 1 is 1.07 bits per heavy atom. The quantitative estimate of drug-likeness (QED) is 0.446. The van der Waals surface area contributed by atoms with Crippen LogP contribution in [0.4, 0.5) is 0 Å². The average molecular weight is 384 g/mol. The Bertz CT molecular complexity index is 914. The molecule has 3 rings (SSSR count). The molecule has 3 aromatic rings. The van der Waals surface area contributed by atoms with Crippen LogP contribution in [0.15, 0.2) is 42.5 Å². The maximum absolute atomic E-state index is 11.7. The molecule has 0 fully saturated rings. The molecule has 0 spiro atoms. The number of aromatic nitrogens is 2. The number of carbonyl (C=O) groups is 1. The fraction of sp³-hybridized carbons (Fsp3) is 0.333. The molecule has 0 saturated heterocycles. The lowest BCUT2D eigenvalue weighted by Crippen LogP contribution is -2.25. The van der Waals surface area contributed by atoms with E-state index in [0.29, 0.717) is 31.2 Å². The number of esters is 1. The molecule has 0 bridgehead atoms. The number of fused-ring (bicyclic) bond motifs is 1. The van der Waals surface area contributed by atoms with Crippen molar-refractivity contribution >= 4 is 17.0 Å². The lowest BCUT2D eigenvalue weighted by molar-refractivity contribution is -0.152. The fourth-order valence-electron chi connectivity index (χ4n) is 2.78. The lowest BCUT2D eigenvalue weighted by atomic mass is 10.2. The van der Waals surface area contributed by atoms with E-state index in [2.05, 4.69) is 9.97 Å². The Morgan fingerprint density at radius 3 is 2.43 bits per heavy atom. The number of hydrogen-bond donors (Lipinski definition) is 1. The summed E-state index contributed by atoms with van der Waals surface area (Å²) in [6.45, 7) is 5.29.